The molecule has 0 spiro atoms. The zero-order valence-corrected chi connectivity index (χ0v) is 18.6. The lowest BCUT2D eigenvalue weighted by atomic mass is 9.93. The van der Waals surface area contributed by atoms with Gasteiger partial charge in [0, 0.05) is 34.5 Å². The third kappa shape index (κ3) is 3.36. The maximum Gasteiger partial charge on any atom is 0.166 e. The maximum absolute atomic E-state index is 5.68. The van der Waals surface area contributed by atoms with Crippen molar-refractivity contribution in [2.24, 2.45) is 0 Å². The summed E-state index contributed by atoms with van der Waals surface area (Å²) in [5, 5.41) is 5.97. The molecule has 5 nitrogen and oxygen atoms in total. The van der Waals surface area contributed by atoms with Gasteiger partial charge >= 0.3 is 0 Å². The van der Waals surface area contributed by atoms with Gasteiger partial charge in [-0.25, -0.2) is 4.98 Å². The van der Waals surface area contributed by atoms with Gasteiger partial charge in [0.05, 0.1) is 24.2 Å². The zero-order chi connectivity index (χ0) is 21.5. The number of fused-ring (bicyclic) bond motifs is 4. The lowest BCUT2D eigenvalue weighted by molar-refractivity contribution is 0.411. The number of rotatable bonds is 5. The monoisotopic (exact) mass is 440 g/mol. The van der Waals surface area contributed by atoms with Crippen molar-refractivity contribution < 1.29 is 4.74 Å². The largest absolute Gasteiger partial charge is 0.496 e. The van der Waals surface area contributed by atoms with E-state index in [1.807, 2.05) is 18.2 Å². The maximum atomic E-state index is 5.68. The van der Waals surface area contributed by atoms with Gasteiger partial charge in [-0.1, -0.05) is 48.2 Å². The third-order valence-corrected chi connectivity index (χ3v) is 7.15. The Kier molecular flexibility index (Phi) is 4.89. The van der Waals surface area contributed by atoms with Gasteiger partial charge in [0.15, 0.2) is 5.16 Å². The fraction of sp³-hybridized carbons (Fsp3) is 0.192. The van der Waals surface area contributed by atoms with E-state index in [1.165, 1.54) is 33.3 Å². The Labute approximate surface area is 190 Å². The van der Waals surface area contributed by atoms with Gasteiger partial charge in [0.25, 0.3) is 0 Å². The van der Waals surface area contributed by atoms with Crippen molar-refractivity contribution in [2.45, 2.75) is 23.4 Å². The van der Waals surface area contributed by atoms with Crippen LogP contribution in [0.5, 0.6) is 5.75 Å². The topological polar surface area (TPSA) is 65.7 Å². The number of hydrogen-bond donors (Lipinski definition) is 3. The summed E-state index contributed by atoms with van der Waals surface area (Å²) in [7, 11) is 1.74. The summed E-state index contributed by atoms with van der Waals surface area (Å²) >= 11 is 1.70. The number of thioether (sulfide) groups is 1. The number of benzene rings is 3. The minimum Gasteiger partial charge on any atom is -0.496 e. The minimum atomic E-state index is 0.145. The zero-order valence-electron chi connectivity index (χ0n) is 17.8. The first-order valence-electron chi connectivity index (χ1n) is 10.9. The highest BCUT2D eigenvalue weighted by molar-refractivity contribution is 7.98. The third-order valence-electron chi connectivity index (χ3n) is 6.23. The van der Waals surface area contributed by atoms with E-state index in [0.717, 1.165) is 40.7 Å². The molecule has 5 aromatic rings. The van der Waals surface area contributed by atoms with Gasteiger partial charge in [-0.05, 0) is 47.9 Å². The second-order valence-electron chi connectivity index (χ2n) is 8.12. The molecule has 0 aliphatic carbocycles. The molecule has 0 saturated heterocycles. The lowest BCUT2D eigenvalue weighted by Gasteiger charge is -2.25. The average Bonchev–Trinajstić information content (AvgIpc) is 3.43. The molecule has 6 rings (SSSR count). The van der Waals surface area contributed by atoms with Gasteiger partial charge < -0.3 is 20.0 Å². The Balaban J connectivity index is 1.32. The number of methoxy groups -OCH3 is 1. The van der Waals surface area contributed by atoms with E-state index in [4.69, 9.17) is 9.72 Å². The predicted octanol–water partition coefficient (Wildman–Crippen LogP) is 5.58. The molecular weight excluding hydrogens is 416 g/mol. The van der Waals surface area contributed by atoms with E-state index in [-0.39, 0.29) is 6.04 Å². The summed E-state index contributed by atoms with van der Waals surface area (Å²) in [4.78, 5) is 11.8. The first-order chi connectivity index (χ1) is 15.8. The molecule has 3 N–H and O–H groups in total. The quantitative estimate of drug-likeness (QED) is 0.312. The average molecular weight is 441 g/mol. The summed E-state index contributed by atoms with van der Waals surface area (Å²) in [6, 6.07) is 23.4. The second-order valence-corrected chi connectivity index (χ2v) is 9.08. The molecule has 1 unspecified atom stereocenters. The highest BCUT2D eigenvalue weighted by Gasteiger charge is 2.25. The minimum absolute atomic E-state index is 0.145. The highest BCUT2D eigenvalue weighted by Crippen LogP contribution is 2.36. The van der Waals surface area contributed by atoms with E-state index in [9.17, 15) is 0 Å². The van der Waals surface area contributed by atoms with Crippen molar-refractivity contribution in [3.05, 3.63) is 89.1 Å². The smallest absolute Gasteiger partial charge is 0.166 e. The van der Waals surface area contributed by atoms with Crippen molar-refractivity contribution in [1.82, 2.24) is 20.3 Å². The number of imidazole rings is 1. The van der Waals surface area contributed by atoms with Crippen LogP contribution in [0.1, 0.15) is 28.4 Å². The molecular formula is C26H24N4OS. The SMILES string of the molecule is COc1ccc(C2NCCc3c2[nH]c2ccccc32)cc1CSc1nc2ccccc2[nH]1. The molecule has 2 aromatic heterocycles. The van der Waals surface area contributed by atoms with Gasteiger partial charge in [-0.2, -0.15) is 0 Å². The number of ether oxygens (including phenoxy) is 1. The standard InChI is InChI=1S/C26H24N4OS/c1-31-23-11-10-16(14-17(23)15-32-26-29-21-8-4-5-9-22(21)30-26)24-25-19(12-13-27-24)18-6-2-3-7-20(18)28-25/h2-11,14,24,27-28H,12-13,15H2,1H3,(H,29,30). The Morgan fingerprint density at radius 2 is 1.84 bits per heavy atom. The molecule has 0 fully saturated rings. The predicted molar refractivity (Wildman–Crippen MR) is 130 cm³/mol. The van der Waals surface area contributed by atoms with E-state index in [1.54, 1.807) is 18.9 Å². The molecule has 0 bridgehead atoms. The second kappa shape index (κ2) is 8.04. The molecule has 0 radical (unpaired) electrons. The summed E-state index contributed by atoms with van der Waals surface area (Å²) in [6.45, 7) is 0.967. The molecule has 6 heteroatoms. The Bertz CT molecular complexity index is 1390. The molecule has 32 heavy (non-hydrogen) atoms. The molecule has 160 valence electrons. The van der Waals surface area contributed by atoms with Crippen molar-refractivity contribution in [2.75, 3.05) is 13.7 Å². The van der Waals surface area contributed by atoms with E-state index in [0.29, 0.717) is 0 Å². The van der Waals surface area contributed by atoms with Gasteiger partial charge in [-0.15, -0.1) is 0 Å². The molecule has 3 aromatic carbocycles. The van der Waals surface area contributed by atoms with Crippen LogP contribution >= 0.6 is 11.8 Å². The van der Waals surface area contributed by atoms with Gasteiger partial charge in [0.2, 0.25) is 0 Å². The molecule has 1 aliphatic heterocycles. The molecule has 0 saturated carbocycles. The first kappa shape index (κ1) is 19.5. The van der Waals surface area contributed by atoms with Gasteiger partial charge in [0.1, 0.15) is 5.75 Å². The van der Waals surface area contributed by atoms with Crippen molar-refractivity contribution in [3.63, 3.8) is 0 Å². The van der Waals surface area contributed by atoms with Crippen LogP contribution in [0.3, 0.4) is 0 Å². The normalized spacial score (nSPS) is 15.8. The summed E-state index contributed by atoms with van der Waals surface area (Å²) < 4.78 is 5.68. The molecule has 1 atom stereocenters. The summed E-state index contributed by atoms with van der Waals surface area (Å²) in [5.41, 5.74) is 8.39. The number of aromatic nitrogens is 3. The number of nitrogens with one attached hydrogen (secondary N) is 3. The molecule has 1 aliphatic rings. The fourth-order valence-electron chi connectivity index (χ4n) is 4.70. The van der Waals surface area contributed by atoms with Crippen molar-refractivity contribution in [3.8, 4) is 5.75 Å². The Hall–Kier alpha value is -3.22. The number of aromatic amines is 2. The number of nitrogens with zero attached hydrogens (tertiary/aromatic N) is 1. The van der Waals surface area contributed by atoms with Crippen molar-refractivity contribution >= 4 is 33.7 Å². The van der Waals surface area contributed by atoms with Crippen LogP contribution < -0.4 is 10.1 Å². The summed E-state index contributed by atoms with van der Waals surface area (Å²) in [5.74, 6) is 1.69. The Morgan fingerprint density at radius 1 is 1.00 bits per heavy atom. The van der Waals surface area contributed by atoms with Crippen LogP contribution in [0.15, 0.2) is 71.9 Å². The van der Waals surface area contributed by atoms with Crippen LogP contribution in [0.2, 0.25) is 0 Å². The lowest BCUT2D eigenvalue weighted by Crippen LogP contribution is -2.30. The molecule has 3 heterocycles. The molecule has 0 amide bonds. The van der Waals surface area contributed by atoms with E-state index < -0.39 is 0 Å². The van der Waals surface area contributed by atoms with Crippen LogP contribution in [0.25, 0.3) is 21.9 Å². The van der Waals surface area contributed by atoms with Crippen LogP contribution in [-0.2, 0) is 12.2 Å². The van der Waals surface area contributed by atoms with Crippen LogP contribution in [0, 0.1) is 0 Å². The number of para-hydroxylation sites is 3. The summed E-state index contributed by atoms with van der Waals surface area (Å²) in [6.07, 6.45) is 1.04. The highest BCUT2D eigenvalue weighted by atomic mass is 32.2. The number of H-pyrrole nitrogens is 2. The van der Waals surface area contributed by atoms with E-state index in [2.05, 4.69) is 63.8 Å². The fourth-order valence-corrected chi connectivity index (χ4v) is 5.56. The van der Waals surface area contributed by atoms with Crippen LogP contribution in [-0.4, -0.2) is 28.6 Å². The van der Waals surface area contributed by atoms with Crippen molar-refractivity contribution in [1.29, 1.82) is 0 Å². The Morgan fingerprint density at radius 3 is 2.72 bits per heavy atom. The van der Waals surface area contributed by atoms with Crippen LogP contribution in [0.4, 0.5) is 0 Å². The van der Waals surface area contributed by atoms with Gasteiger partial charge in [-0.3, -0.25) is 0 Å². The number of hydrogen-bond acceptors (Lipinski definition) is 4. The van der Waals surface area contributed by atoms with E-state index >= 15 is 0 Å². The first-order valence-corrected chi connectivity index (χ1v) is 11.9.